The van der Waals surface area contributed by atoms with Gasteiger partial charge in [0.2, 0.25) is 15.9 Å². The number of nitriles is 1. The summed E-state index contributed by atoms with van der Waals surface area (Å²) in [6.45, 7) is 1.67. The third kappa shape index (κ3) is 4.41. The Bertz CT molecular complexity index is 748. The monoisotopic (exact) mass is 319 g/mol. The van der Waals surface area contributed by atoms with Crippen LogP contribution in [-0.4, -0.2) is 19.2 Å². The highest BCUT2D eigenvalue weighted by atomic mass is 32.2. The second-order valence-electron chi connectivity index (χ2n) is 4.85. The van der Waals surface area contributed by atoms with Gasteiger partial charge in [-0.15, -0.1) is 0 Å². The molecule has 0 saturated heterocycles. The van der Waals surface area contributed by atoms with E-state index in [-0.39, 0.29) is 12.2 Å². The highest BCUT2D eigenvalue weighted by Crippen LogP contribution is 2.23. The van der Waals surface area contributed by atoms with Crippen molar-refractivity contribution in [2.24, 2.45) is 0 Å². The van der Waals surface area contributed by atoms with E-state index in [4.69, 9.17) is 9.68 Å². The van der Waals surface area contributed by atoms with Gasteiger partial charge in [0.05, 0.1) is 24.1 Å². The van der Waals surface area contributed by atoms with Crippen LogP contribution in [0.5, 0.6) is 0 Å². The first kappa shape index (κ1) is 16.2. The van der Waals surface area contributed by atoms with Crippen LogP contribution < -0.4 is 4.72 Å². The van der Waals surface area contributed by atoms with Gasteiger partial charge in [0.1, 0.15) is 0 Å². The van der Waals surface area contributed by atoms with Gasteiger partial charge < -0.3 is 4.42 Å². The maximum atomic E-state index is 11.9. The lowest BCUT2D eigenvalue weighted by Gasteiger charge is -2.10. The molecule has 22 heavy (non-hydrogen) atoms. The van der Waals surface area contributed by atoms with Crippen molar-refractivity contribution in [1.82, 2.24) is 9.71 Å². The minimum atomic E-state index is -3.46. The molecule has 1 atom stereocenters. The minimum Gasteiger partial charge on any atom is -0.439 e. The average Bonchev–Trinajstić information content (AvgIpc) is 2.98. The summed E-state index contributed by atoms with van der Waals surface area (Å²) in [6.07, 6.45) is 2.09. The van der Waals surface area contributed by atoms with Gasteiger partial charge in [-0.2, -0.15) is 5.26 Å². The summed E-state index contributed by atoms with van der Waals surface area (Å²) in [4.78, 5) is 4.13. The van der Waals surface area contributed by atoms with Gasteiger partial charge in [0, 0.05) is 12.0 Å². The number of unbranched alkanes of at least 4 members (excludes halogenated alkanes) is 1. The van der Waals surface area contributed by atoms with Crippen molar-refractivity contribution in [1.29, 1.82) is 5.26 Å². The van der Waals surface area contributed by atoms with Crippen LogP contribution in [0.2, 0.25) is 0 Å². The molecule has 1 heterocycles. The smallest absolute Gasteiger partial charge is 0.212 e. The van der Waals surface area contributed by atoms with Gasteiger partial charge in [0.25, 0.3) is 0 Å². The molecule has 0 unspecified atom stereocenters. The number of hydrogen-bond donors (Lipinski definition) is 1. The third-order valence-corrected chi connectivity index (χ3v) is 4.55. The van der Waals surface area contributed by atoms with E-state index in [0.29, 0.717) is 18.1 Å². The zero-order valence-electron chi connectivity index (χ0n) is 12.2. The third-order valence-electron chi connectivity index (χ3n) is 3.01. The summed E-state index contributed by atoms with van der Waals surface area (Å²) in [5.74, 6) is 0.811. The Hall–Kier alpha value is -2.17. The molecule has 0 aliphatic heterocycles. The molecular weight excluding hydrogens is 302 g/mol. The van der Waals surface area contributed by atoms with Gasteiger partial charge in [0.15, 0.2) is 5.76 Å². The molecule has 0 radical (unpaired) electrons. The summed E-state index contributed by atoms with van der Waals surface area (Å²) >= 11 is 0. The van der Waals surface area contributed by atoms with Gasteiger partial charge in [-0.25, -0.2) is 18.1 Å². The molecule has 1 aromatic heterocycles. The van der Waals surface area contributed by atoms with Crippen molar-refractivity contribution in [3.05, 3.63) is 42.4 Å². The van der Waals surface area contributed by atoms with Crippen molar-refractivity contribution in [2.75, 3.05) is 5.75 Å². The first-order valence-corrected chi connectivity index (χ1v) is 8.55. The fraction of sp³-hybridized carbons (Fsp3) is 0.333. The quantitative estimate of drug-likeness (QED) is 0.791. The van der Waals surface area contributed by atoms with Crippen LogP contribution in [0.3, 0.4) is 0 Å². The Morgan fingerprint density at radius 3 is 2.77 bits per heavy atom. The molecule has 116 valence electrons. The molecule has 2 aromatic rings. The maximum Gasteiger partial charge on any atom is 0.212 e. The number of nitrogens with one attached hydrogen (secondary N) is 1. The first-order valence-electron chi connectivity index (χ1n) is 6.90. The SMILES string of the molecule is C[C@H](NS(=O)(=O)CCCC#N)c1ncc(-c2ccccc2)o1. The van der Waals surface area contributed by atoms with Crippen LogP contribution in [-0.2, 0) is 10.0 Å². The molecule has 2 rings (SSSR count). The zero-order valence-corrected chi connectivity index (χ0v) is 13.0. The summed E-state index contributed by atoms with van der Waals surface area (Å²) in [5.41, 5.74) is 0.880. The zero-order chi connectivity index (χ0) is 16.0. The topological polar surface area (TPSA) is 96.0 Å². The lowest BCUT2D eigenvalue weighted by atomic mass is 10.2. The lowest BCUT2D eigenvalue weighted by molar-refractivity contribution is 0.452. The normalized spacial score (nSPS) is 12.7. The molecule has 1 N–H and O–H groups in total. The van der Waals surface area contributed by atoms with Gasteiger partial charge >= 0.3 is 0 Å². The van der Waals surface area contributed by atoms with E-state index in [2.05, 4.69) is 9.71 Å². The van der Waals surface area contributed by atoms with E-state index in [9.17, 15) is 8.42 Å². The highest BCUT2D eigenvalue weighted by Gasteiger charge is 2.19. The Kier molecular flexibility index (Phi) is 5.31. The van der Waals surface area contributed by atoms with E-state index in [1.807, 2.05) is 36.4 Å². The van der Waals surface area contributed by atoms with Crippen molar-refractivity contribution in [3.63, 3.8) is 0 Å². The second-order valence-corrected chi connectivity index (χ2v) is 6.72. The minimum absolute atomic E-state index is 0.0862. The van der Waals surface area contributed by atoms with Crippen LogP contribution in [0.1, 0.15) is 31.7 Å². The number of aromatic nitrogens is 1. The number of hydrogen-bond acceptors (Lipinski definition) is 5. The lowest BCUT2D eigenvalue weighted by Crippen LogP contribution is -2.29. The molecule has 0 fully saturated rings. The van der Waals surface area contributed by atoms with Crippen molar-refractivity contribution in [3.8, 4) is 17.4 Å². The van der Waals surface area contributed by atoms with E-state index in [0.717, 1.165) is 5.56 Å². The summed E-state index contributed by atoms with van der Waals surface area (Å²) in [5, 5.41) is 8.44. The molecule has 0 spiro atoms. The molecule has 0 aliphatic rings. The van der Waals surface area contributed by atoms with E-state index < -0.39 is 16.1 Å². The number of benzene rings is 1. The summed E-state index contributed by atoms with van der Waals surface area (Å²) in [6, 6.07) is 10.8. The average molecular weight is 319 g/mol. The van der Waals surface area contributed by atoms with Gasteiger partial charge in [-0.05, 0) is 13.3 Å². The Morgan fingerprint density at radius 2 is 2.09 bits per heavy atom. The number of sulfonamides is 1. The van der Waals surface area contributed by atoms with Crippen molar-refractivity contribution < 1.29 is 12.8 Å². The Morgan fingerprint density at radius 1 is 1.36 bits per heavy atom. The van der Waals surface area contributed by atoms with Crippen LogP contribution in [0.4, 0.5) is 0 Å². The van der Waals surface area contributed by atoms with Crippen LogP contribution in [0.15, 0.2) is 40.9 Å². The van der Waals surface area contributed by atoms with E-state index in [1.54, 1.807) is 13.1 Å². The standard InChI is InChI=1S/C15H17N3O3S/c1-12(18-22(19,20)10-6-5-9-16)15-17-11-14(21-15)13-7-3-2-4-8-13/h2-4,7-8,11-12,18H,5-6,10H2,1H3/t12-/m0/s1. The Balaban J connectivity index is 2.03. The molecular formula is C15H17N3O3S. The first-order chi connectivity index (χ1) is 10.5. The van der Waals surface area contributed by atoms with E-state index >= 15 is 0 Å². The highest BCUT2D eigenvalue weighted by molar-refractivity contribution is 7.89. The van der Waals surface area contributed by atoms with Crippen LogP contribution >= 0.6 is 0 Å². The number of nitrogens with zero attached hydrogens (tertiary/aromatic N) is 2. The molecule has 0 saturated carbocycles. The number of oxazole rings is 1. The molecule has 6 nitrogen and oxygen atoms in total. The predicted molar refractivity (Wildman–Crippen MR) is 82.1 cm³/mol. The van der Waals surface area contributed by atoms with Gasteiger partial charge in [-0.1, -0.05) is 30.3 Å². The predicted octanol–water partition coefficient (Wildman–Crippen LogP) is 2.63. The molecule has 1 aromatic carbocycles. The van der Waals surface area contributed by atoms with Crippen molar-refractivity contribution in [2.45, 2.75) is 25.8 Å². The molecule has 0 aliphatic carbocycles. The van der Waals surface area contributed by atoms with Crippen molar-refractivity contribution >= 4 is 10.0 Å². The largest absolute Gasteiger partial charge is 0.439 e. The fourth-order valence-electron chi connectivity index (χ4n) is 1.94. The molecule has 0 bridgehead atoms. The number of rotatable bonds is 7. The summed E-state index contributed by atoms with van der Waals surface area (Å²) < 4.78 is 31.9. The van der Waals surface area contributed by atoms with Crippen LogP contribution in [0.25, 0.3) is 11.3 Å². The molecule has 7 heteroatoms. The maximum absolute atomic E-state index is 11.9. The Labute approximate surface area is 129 Å². The van der Waals surface area contributed by atoms with Crippen LogP contribution in [0, 0.1) is 11.3 Å². The fourth-order valence-corrected chi connectivity index (χ4v) is 3.23. The van der Waals surface area contributed by atoms with Gasteiger partial charge in [-0.3, -0.25) is 0 Å². The summed E-state index contributed by atoms with van der Waals surface area (Å²) in [7, 11) is -3.46. The molecule has 0 amide bonds. The second kappa shape index (κ2) is 7.20. The van der Waals surface area contributed by atoms with E-state index in [1.165, 1.54) is 0 Å².